The van der Waals surface area contributed by atoms with Crippen molar-refractivity contribution in [3.63, 3.8) is 0 Å². The standard InChI is InChI=1S/C53H56N8O7S2/c1-33-11-17-40(18-12-33)70(63,64)68-23-22-67-53-27-37-24-38(28-53)26-52(25-37,31-53)32-61-35(3)43(29-54-61)42-19-20-46(56-47(42)50(62)66-30-36-13-15-39(65-4)16-14-36)60-21-7-8-41-34(2)48(58-59-49(41)60)57-51-55-44-9-5-6-10-45(44)69-51/h5-6,9-20,29,37-38H,7-8,21-28,30-32H2,1-4H3,(H,55,57,58). The number of methoxy groups -OCH3 is 1. The molecule has 4 fully saturated rings. The van der Waals surface area contributed by atoms with Crippen LogP contribution in [0.4, 0.5) is 22.6 Å². The molecule has 5 heterocycles. The van der Waals surface area contributed by atoms with Crippen LogP contribution >= 0.6 is 11.3 Å². The molecule has 5 aliphatic rings. The molecule has 0 spiro atoms. The van der Waals surface area contributed by atoms with Gasteiger partial charge in [-0.25, -0.2) is 14.8 Å². The Morgan fingerprint density at radius 2 is 1.67 bits per heavy atom. The quantitative estimate of drug-likeness (QED) is 0.0551. The molecule has 17 heteroatoms. The van der Waals surface area contributed by atoms with E-state index >= 15 is 0 Å². The van der Waals surface area contributed by atoms with E-state index in [9.17, 15) is 13.2 Å². The summed E-state index contributed by atoms with van der Waals surface area (Å²) in [7, 11) is -2.27. The number of hydrogen-bond donors (Lipinski definition) is 1. The molecule has 4 aliphatic carbocycles. The van der Waals surface area contributed by atoms with E-state index in [-0.39, 0.29) is 41.4 Å². The molecule has 3 aromatic carbocycles. The van der Waals surface area contributed by atoms with Crippen molar-refractivity contribution in [2.24, 2.45) is 17.3 Å². The molecule has 15 nitrogen and oxygen atoms in total. The number of benzene rings is 3. The summed E-state index contributed by atoms with van der Waals surface area (Å²) in [4.78, 5) is 26.4. The molecule has 7 aromatic rings. The first-order chi connectivity index (χ1) is 33.9. The maximum Gasteiger partial charge on any atom is 0.358 e. The lowest BCUT2D eigenvalue weighted by atomic mass is 9.48. The van der Waals surface area contributed by atoms with Gasteiger partial charge < -0.3 is 24.4 Å². The third kappa shape index (κ3) is 9.04. The number of hydrogen-bond acceptors (Lipinski definition) is 15. The van der Waals surface area contributed by atoms with Crippen LogP contribution < -0.4 is 15.0 Å². The van der Waals surface area contributed by atoms with Crippen LogP contribution in [0.1, 0.15) is 83.4 Å². The number of esters is 1. The lowest BCUT2D eigenvalue weighted by Gasteiger charge is -2.61. The molecule has 1 aliphatic heterocycles. The molecule has 0 amide bonds. The van der Waals surface area contributed by atoms with E-state index < -0.39 is 16.1 Å². The molecule has 2 atom stereocenters. The predicted molar refractivity (Wildman–Crippen MR) is 267 cm³/mol. The fourth-order valence-electron chi connectivity index (χ4n) is 11.9. The molecule has 362 valence electrons. The highest BCUT2D eigenvalue weighted by atomic mass is 32.2. The van der Waals surface area contributed by atoms with Crippen molar-refractivity contribution >= 4 is 60.2 Å². The molecule has 4 aromatic heterocycles. The lowest BCUT2D eigenvalue weighted by molar-refractivity contribution is -0.199. The van der Waals surface area contributed by atoms with Crippen molar-refractivity contribution in [3.05, 3.63) is 125 Å². The van der Waals surface area contributed by atoms with Gasteiger partial charge in [0.05, 0.1) is 47.2 Å². The highest BCUT2D eigenvalue weighted by molar-refractivity contribution is 7.86. The van der Waals surface area contributed by atoms with Crippen LogP contribution in [0.5, 0.6) is 5.75 Å². The molecule has 0 radical (unpaired) electrons. The summed E-state index contributed by atoms with van der Waals surface area (Å²) in [5, 5.41) is 18.6. The summed E-state index contributed by atoms with van der Waals surface area (Å²) in [6.45, 7) is 7.59. The third-order valence-electron chi connectivity index (χ3n) is 14.8. The number of para-hydroxylation sites is 1. The first-order valence-electron chi connectivity index (χ1n) is 24.1. The Morgan fingerprint density at radius 3 is 2.44 bits per heavy atom. The highest BCUT2D eigenvalue weighted by Crippen LogP contribution is 2.63. The van der Waals surface area contributed by atoms with Gasteiger partial charge in [0.1, 0.15) is 18.2 Å². The van der Waals surface area contributed by atoms with Crippen molar-refractivity contribution in [1.29, 1.82) is 0 Å². The number of anilines is 4. The summed E-state index contributed by atoms with van der Waals surface area (Å²) in [6.07, 6.45) is 9.66. The summed E-state index contributed by atoms with van der Waals surface area (Å²) in [5.74, 6) is 3.14. The number of pyridine rings is 1. The third-order valence-corrected chi connectivity index (χ3v) is 17.1. The number of ether oxygens (including phenoxy) is 3. The minimum atomic E-state index is -3.89. The zero-order valence-electron chi connectivity index (χ0n) is 39.8. The van der Waals surface area contributed by atoms with Gasteiger partial charge in [-0.1, -0.05) is 53.3 Å². The van der Waals surface area contributed by atoms with Gasteiger partial charge in [-0.05, 0) is 143 Å². The minimum Gasteiger partial charge on any atom is -0.497 e. The van der Waals surface area contributed by atoms with Crippen molar-refractivity contribution in [2.75, 3.05) is 37.1 Å². The van der Waals surface area contributed by atoms with Crippen LogP contribution in [-0.4, -0.2) is 76.8 Å². The summed E-state index contributed by atoms with van der Waals surface area (Å²) < 4.78 is 52.5. The zero-order valence-corrected chi connectivity index (χ0v) is 41.4. The number of carbonyl (C=O) groups excluding carboxylic acids is 1. The van der Waals surface area contributed by atoms with E-state index in [1.165, 1.54) is 6.42 Å². The Kier molecular flexibility index (Phi) is 12.2. The number of rotatable bonds is 16. The van der Waals surface area contributed by atoms with E-state index in [2.05, 4.69) is 35.0 Å². The van der Waals surface area contributed by atoms with Crippen molar-refractivity contribution in [2.45, 2.75) is 95.8 Å². The summed E-state index contributed by atoms with van der Waals surface area (Å²) in [5.41, 5.74) is 6.95. The Morgan fingerprint density at radius 1 is 0.886 bits per heavy atom. The predicted octanol–water partition coefficient (Wildman–Crippen LogP) is 10.2. The monoisotopic (exact) mass is 980 g/mol. The Labute approximate surface area is 411 Å². The first-order valence-corrected chi connectivity index (χ1v) is 26.3. The van der Waals surface area contributed by atoms with E-state index in [1.807, 2.05) is 72.6 Å². The maximum absolute atomic E-state index is 14.4. The Hall–Kier alpha value is -6.27. The Bertz CT molecular complexity index is 3160. The van der Waals surface area contributed by atoms with Crippen LogP contribution in [0.2, 0.25) is 0 Å². The summed E-state index contributed by atoms with van der Waals surface area (Å²) >= 11 is 1.57. The molecule has 4 saturated carbocycles. The number of nitrogens with one attached hydrogen (secondary N) is 1. The molecular formula is C53H56N8O7S2. The largest absolute Gasteiger partial charge is 0.497 e. The average molecular weight is 981 g/mol. The van der Waals surface area contributed by atoms with Gasteiger partial charge in [-0.3, -0.25) is 8.86 Å². The SMILES string of the molecule is COc1ccc(COC(=O)c2nc(N3CCCc4c3nnc(Nc3nc5ccccc5s3)c4C)ccc2-c2cnn(CC34CC5CC(C3)CC(OCCOS(=O)(=O)c3ccc(C)cc3)(C5)C4)c2C)cc1. The smallest absolute Gasteiger partial charge is 0.358 e. The van der Waals surface area contributed by atoms with Gasteiger partial charge >= 0.3 is 5.97 Å². The lowest BCUT2D eigenvalue weighted by Crippen LogP contribution is -2.58. The van der Waals surface area contributed by atoms with Crippen molar-refractivity contribution in [1.82, 2.24) is 29.9 Å². The zero-order chi connectivity index (χ0) is 48.2. The van der Waals surface area contributed by atoms with Crippen LogP contribution in [0.15, 0.2) is 96.0 Å². The second-order valence-electron chi connectivity index (χ2n) is 19.7. The molecule has 70 heavy (non-hydrogen) atoms. The maximum atomic E-state index is 14.4. The van der Waals surface area contributed by atoms with E-state index in [0.717, 1.165) is 93.8 Å². The number of aryl methyl sites for hydroxylation is 1. The van der Waals surface area contributed by atoms with Gasteiger partial charge in [0.25, 0.3) is 10.1 Å². The van der Waals surface area contributed by atoms with Crippen molar-refractivity contribution < 1.29 is 31.6 Å². The van der Waals surface area contributed by atoms with E-state index in [0.29, 0.717) is 53.7 Å². The van der Waals surface area contributed by atoms with Gasteiger partial charge in [0.15, 0.2) is 22.5 Å². The topological polar surface area (TPSA) is 173 Å². The van der Waals surface area contributed by atoms with Gasteiger partial charge in [0.2, 0.25) is 0 Å². The second kappa shape index (κ2) is 18.5. The highest BCUT2D eigenvalue weighted by Gasteiger charge is 2.58. The fraction of sp³-hybridized carbons (Fsp3) is 0.396. The van der Waals surface area contributed by atoms with Gasteiger partial charge in [0, 0.05) is 41.0 Å². The van der Waals surface area contributed by atoms with Crippen LogP contribution in [0, 0.1) is 38.0 Å². The number of aromatic nitrogens is 6. The number of carbonyl (C=O) groups is 1. The van der Waals surface area contributed by atoms with E-state index in [1.54, 1.807) is 42.7 Å². The number of nitrogens with zero attached hydrogens (tertiary/aromatic N) is 7. The summed E-state index contributed by atoms with van der Waals surface area (Å²) in [6, 6.07) is 26.1. The molecule has 2 unspecified atom stereocenters. The molecule has 4 bridgehead atoms. The second-order valence-corrected chi connectivity index (χ2v) is 22.4. The first kappa shape index (κ1) is 46.1. The van der Waals surface area contributed by atoms with Gasteiger partial charge in [-0.15, -0.1) is 10.2 Å². The van der Waals surface area contributed by atoms with Crippen LogP contribution in [0.3, 0.4) is 0 Å². The van der Waals surface area contributed by atoms with Crippen molar-refractivity contribution in [3.8, 4) is 16.9 Å². The Balaban J connectivity index is 0.850. The molecule has 0 saturated heterocycles. The van der Waals surface area contributed by atoms with Crippen LogP contribution in [0.25, 0.3) is 21.3 Å². The van der Waals surface area contributed by atoms with Gasteiger partial charge in [-0.2, -0.15) is 13.5 Å². The number of thiazole rings is 1. The van der Waals surface area contributed by atoms with Crippen LogP contribution in [-0.2, 0) is 43.3 Å². The molecular weight excluding hydrogens is 925 g/mol. The number of fused-ring (bicyclic) bond motifs is 2. The average Bonchev–Trinajstić information content (AvgIpc) is 3.94. The molecule has 1 N–H and O–H groups in total. The normalized spacial score (nSPS) is 21.5. The van der Waals surface area contributed by atoms with E-state index in [4.69, 9.17) is 38.6 Å². The minimum absolute atomic E-state index is 0.0405. The molecule has 12 rings (SSSR count). The fourth-order valence-corrected chi connectivity index (χ4v) is 13.7.